The molecule has 80 valence electrons. The van der Waals surface area contributed by atoms with Crippen molar-refractivity contribution in [3.05, 3.63) is 34.9 Å². The lowest BCUT2D eigenvalue weighted by Gasteiger charge is -2.12. The zero-order chi connectivity index (χ0) is 11.6. The first kappa shape index (κ1) is 11.6. The minimum absolute atomic E-state index is 0.177. The van der Waals surface area contributed by atoms with Gasteiger partial charge in [0.2, 0.25) is 0 Å². The first-order valence-electron chi connectivity index (χ1n) is 4.43. The molecule has 0 fully saturated rings. The van der Waals surface area contributed by atoms with Gasteiger partial charge in [-0.1, -0.05) is 12.1 Å². The predicted octanol–water partition coefficient (Wildman–Crippen LogP) is 3.64. The molecule has 0 amide bonds. The van der Waals surface area contributed by atoms with Gasteiger partial charge in [-0.3, -0.25) is 0 Å². The minimum atomic E-state index is -4.35. The summed E-state index contributed by atoms with van der Waals surface area (Å²) < 4.78 is 37.5. The summed E-state index contributed by atoms with van der Waals surface area (Å²) in [5, 5.41) is 8.62. The molecule has 0 aliphatic carbocycles. The minimum Gasteiger partial charge on any atom is -0.198 e. The van der Waals surface area contributed by atoms with Crippen molar-refractivity contribution in [1.29, 1.82) is 5.26 Å². The van der Waals surface area contributed by atoms with Crippen LogP contribution in [-0.2, 0) is 6.18 Å². The van der Waals surface area contributed by atoms with Crippen LogP contribution >= 0.6 is 0 Å². The highest BCUT2D eigenvalue weighted by Gasteiger charge is 2.32. The fraction of sp³-hybridized carbons (Fsp3) is 0.364. The zero-order valence-electron chi connectivity index (χ0n) is 8.39. The molecule has 1 unspecified atom stereocenters. The Morgan fingerprint density at radius 1 is 1.33 bits per heavy atom. The average molecular weight is 213 g/mol. The van der Waals surface area contributed by atoms with E-state index in [2.05, 4.69) is 0 Å². The van der Waals surface area contributed by atoms with Crippen LogP contribution in [0.4, 0.5) is 13.2 Å². The molecule has 0 heterocycles. The molecule has 0 aliphatic rings. The monoisotopic (exact) mass is 213 g/mol. The van der Waals surface area contributed by atoms with Gasteiger partial charge in [0.15, 0.2) is 0 Å². The molecule has 1 aromatic carbocycles. The van der Waals surface area contributed by atoms with Crippen LogP contribution in [-0.4, -0.2) is 0 Å². The summed E-state index contributed by atoms with van der Waals surface area (Å²) in [5.41, 5.74) is -0.0890. The molecule has 0 bridgehead atoms. The Kier molecular flexibility index (Phi) is 3.04. The zero-order valence-corrected chi connectivity index (χ0v) is 8.39. The van der Waals surface area contributed by atoms with E-state index in [1.807, 2.05) is 6.07 Å². The number of rotatable bonds is 1. The number of nitriles is 1. The summed E-state index contributed by atoms with van der Waals surface area (Å²) in [6, 6.07) is 5.91. The van der Waals surface area contributed by atoms with Crippen LogP contribution in [0.1, 0.15) is 29.5 Å². The van der Waals surface area contributed by atoms with E-state index in [1.165, 1.54) is 13.0 Å². The van der Waals surface area contributed by atoms with Gasteiger partial charge in [-0.2, -0.15) is 18.4 Å². The van der Waals surface area contributed by atoms with E-state index in [4.69, 9.17) is 5.26 Å². The fourth-order valence-corrected chi connectivity index (χ4v) is 1.29. The Morgan fingerprint density at radius 2 is 1.93 bits per heavy atom. The van der Waals surface area contributed by atoms with Gasteiger partial charge in [0.25, 0.3) is 0 Å². The highest BCUT2D eigenvalue weighted by molar-refractivity contribution is 5.36. The predicted molar refractivity (Wildman–Crippen MR) is 50.2 cm³/mol. The van der Waals surface area contributed by atoms with Crippen LogP contribution in [0.15, 0.2) is 18.2 Å². The Labute approximate surface area is 86.1 Å². The van der Waals surface area contributed by atoms with E-state index in [1.54, 1.807) is 13.0 Å². The lowest BCUT2D eigenvalue weighted by atomic mass is 9.97. The summed E-state index contributed by atoms with van der Waals surface area (Å²) >= 11 is 0. The second-order valence-electron chi connectivity index (χ2n) is 3.42. The molecule has 1 rings (SSSR count). The molecule has 4 heteroatoms. The summed E-state index contributed by atoms with van der Waals surface area (Å²) in [6.45, 7) is 2.98. The van der Waals surface area contributed by atoms with E-state index in [9.17, 15) is 13.2 Å². The van der Waals surface area contributed by atoms with Crippen molar-refractivity contribution in [3.8, 4) is 6.07 Å². The number of halogens is 3. The molecule has 0 N–H and O–H groups in total. The standard InChI is InChI=1S/C11H10F3N/c1-7-3-4-9(8(2)6-15)5-10(7)11(12,13)14/h3-5,8H,1-2H3. The third-order valence-electron chi connectivity index (χ3n) is 2.26. The SMILES string of the molecule is Cc1ccc(C(C)C#N)cc1C(F)(F)F. The first-order valence-corrected chi connectivity index (χ1v) is 4.43. The van der Waals surface area contributed by atoms with Crippen molar-refractivity contribution < 1.29 is 13.2 Å². The molecule has 1 aromatic rings. The number of hydrogen-bond donors (Lipinski definition) is 0. The van der Waals surface area contributed by atoms with E-state index in [-0.39, 0.29) is 5.56 Å². The van der Waals surface area contributed by atoms with Gasteiger partial charge in [-0.05, 0) is 31.0 Å². The summed E-state index contributed by atoms with van der Waals surface area (Å²) in [5.74, 6) is -0.522. The van der Waals surface area contributed by atoms with Gasteiger partial charge < -0.3 is 0 Å². The summed E-state index contributed by atoms with van der Waals surface area (Å²) in [6.07, 6.45) is -4.35. The maximum Gasteiger partial charge on any atom is 0.416 e. The van der Waals surface area contributed by atoms with Crippen molar-refractivity contribution in [2.24, 2.45) is 0 Å². The van der Waals surface area contributed by atoms with E-state index < -0.39 is 17.7 Å². The quantitative estimate of drug-likeness (QED) is 0.698. The van der Waals surface area contributed by atoms with Crippen molar-refractivity contribution in [3.63, 3.8) is 0 Å². The van der Waals surface area contributed by atoms with Crippen LogP contribution in [0, 0.1) is 18.3 Å². The number of hydrogen-bond acceptors (Lipinski definition) is 1. The van der Waals surface area contributed by atoms with E-state index >= 15 is 0 Å². The first-order chi connectivity index (χ1) is 6.86. The normalized spacial score (nSPS) is 13.3. The molecule has 0 aromatic heterocycles. The molecule has 15 heavy (non-hydrogen) atoms. The van der Waals surface area contributed by atoms with Crippen molar-refractivity contribution in [1.82, 2.24) is 0 Å². The molecule has 0 saturated carbocycles. The molecule has 0 saturated heterocycles. The fourth-order valence-electron chi connectivity index (χ4n) is 1.29. The largest absolute Gasteiger partial charge is 0.416 e. The van der Waals surface area contributed by atoms with Crippen LogP contribution in [0.25, 0.3) is 0 Å². The van der Waals surface area contributed by atoms with Crippen LogP contribution < -0.4 is 0 Å². The van der Waals surface area contributed by atoms with Crippen LogP contribution in [0.3, 0.4) is 0 Å². The van der Waals surface area contributed by atoms with Gasteiger partial charge >= 0.3 is 6.18 Å². The van der Waals surface area contributed by atoms with Crippen molar-refractivity contribution in [2.75, 3.05) is 0 Å². The number of nitrogens with zero attached hydrogens (tertiary/aromatic N) is 1. The smallest absolute Gasteiger partial charge is 0.198 e. The second-order valence-corrected chi connectivity index (χ2v) is 3.42. The van der Waals surface area contributed by atoms with Gasteiger partial charge in [0.1, 0.15) is 0 Å². The second kappa shape index (κ2) is 3.93. The Balaban J connectivity index is 3.24. The Bertz CT molecular complexity index is 401. The third-order valence-corrected chi connectivity index (χ3v) is 2.26. The molecule has 1 nitrogen and oxygen atoms in total. The van der Waals surface area contributed by atoms with Crippen LogP contribution in [0.5, 0.6) is 0 Å². The molecule has 1 atom stereocenters. The highest BCUT2D eigenvalue weighted by atomic mass is 19.4. The highest BCUT2D eigenvalue weighted by Crippen LogP contribution is 2.33. The summed E-state index contributed by atoms with van der Waals surface area (Å²) in [4.78, 5) is 0. The van der Waals surface area contributed by atoms with Crippen LogP contribution in [0.2, 0.25) is 0 Å². The lowest BCUT2D eigenvalue weighted by Crippen LogP contribution is -2.08. The van der Waals surface area contributed by atoms with E-state index in [0.717, 1.165) is 6.07 Å². The Morgan fingerprint density at radius 3 is 2.40 bits per heavy atom. The molecule has 0 radical (unpaired) electrons. The number of aryl methyl sites for hydroxylation is 1. The topological polar surface area (TPSA) is 23.8 Å². The van der Waals surface area contributed by atoms with Gasteiger partial charge in [0.05, 0.1) is 17.6 Å². The maximum atomic E-state index is 12.5. The molecule has 0 spiro atoms. The molecular formula is C11H10F3N. The third kappa shape index (κ3) is 2.50. The van der Waals surface area contributed by atoms with Gasteiger partial charge in [-0.25, -0.2) is 0 Å². The van der Waals surface area contributed by atoms with Gasteiger partial charge in [0, 0.05) is 0 Å². The number of alkyl halides is 3. The molecular weight excluding hydrogens is 203 g/mol. The Hall–Kier alpha value is -1.50. The maximum absolute atomic E-state index is 12.5. The summed E-state index contributed by atoms with van der Waals surface area (Å²) in [7, 11) is 0. The molecule has 0 aliphatic heterocycles. The van der Waals surface area contributed by atoms with Gasteiger partial charge in [-0.15, -0.1) is 0 Å². The van der Waals surface area contributed by atoms with E-state index in [0.29, 0.717) is 5.56 Å². The number of benzene rings is 1. The average Bonchev–Trinajstić information content (AvgIpc) is 2.15. The van der Waals surface area contributed by atoms with Crippen molar-refractivity contribution >= 4 is 0 Å². The lowest BCUT2D eigenvalue weighted by molar-refractivity contribution is -0.138. The van der Waals surface area contributed by atoms with Crippen molar-refractivity contribution in [2.45, 2.75) is 25.9 Å².